The maximum Gasteiger partial charge on any atom is 0.0499 e. The molecule has 1 aliphatic carbocycles. The molecule has 88 valence electrons. The Morgan fingerprint density at radius 1 is 1.56 bits per heavy atom. The van der Waals surface area contributed by atoms with Crippen molar-refractivity contribution >= 4 is 0 Å². The summed E-state index contributed by atoms with van der Waals surface area (Å²) in [5.41, 5.74) is 2.68. The van der Waals surface area contributed by atoms with Crippen LogP contribution in [0.4, 0.5) is 0 Å². The number of hydrogen-bond acceptors (Lipinski definition) is 3. The molecular weight excluding hydrogens is 200 g/mol. The van der Waals surface area contributed by atoms with E-state index >= 15 is 0 Å². The third kappa shape index (κ3) is 2.42. The molecule has 1 unspecified atom stereocenters. The molecular formula is C13H20N2O. The highest BCUT2D eigenvalue weighted by molar-refractivity contribution is 5.24. The van der Waals surface area contributed by atoms with Crippen LogP contribution in [0.3, 0.4) is 0 Å². The normalized spacial score (nSPS) is 19.4. The van der Waals surface area contributed by atoms with Crippen LogP contribution in [0.1, 0.15) is 36.9 Å². The SMILES string of the molecule is Cc1ccncc1C(C)NCC1(CO)CC1. The number of aryl methyl sites for hydroxylation is 1. The topological polar surface area (TPSA) is 45.2 Å². The Hall–Kier alpha value is -0.930. The second kappa shape index (κ2) is 4.52. The highest BCUT2D eigenvalue weighted by Crippen LogP contribution is 2.44. The van der Waals surface area contributed by atoms with Crippen LogP contribution in [-0.2, 0) is 0 Å². The molecule has 1 heterocycles. The third-order valence-electron chi connectivity index (χ3n) is 3.62. The second-order valence-electron chi connectivity index (χ2n) is 4.99. The van der Waals surface area contributed by atoms with Gasteiger partial charge in [-0.1, -0.05) is 0 Å². The van der Waals surface area contributed by atoms with E-state index in [1.165, 1.54) is 11.1 Å². The Morgan fingerprint density at radius 3 is 2.88 bits per heavy atom. The molecule has 0 aromatic carbocycles. The lowest BCUT2D eigenvalue weighted by Crippen LogP contribution is -2.29. The van der Waals surface area contributed by atoms with E-state index in [4.69, 9.17) is 0 Å². The van der Waals surface area contributed by atoms with Crippen LogP contribution in [-0.4, -0.2) is 23.2 Å². The molecule has 0 spiro atoms. The van der Waals surface area contributed by atoms with Crippen LogP contribution >= 0.6 is 0 Å². The first-order valence-electron chi connectivity index (χ1n) is 5.92. The highest BCUT2D eigenvalue weighted by Gasteiger charge is 2.41. The molecule has 0 aliphatic heterocycles. The van der Waals surface area contributed by atoms with Crippen molar-refractivity contribution in [2.75, 3.05) is 13.2 Å². The van der Waals surface area contributed by atoms with Crippen LogP contribution in [0.25, 0.3) is 0 Å². The number of nitrogens with one attached hydrogen (secondary N) is 1. The lowest BCUT2D eigenvalue weighted by atomic mass is 10.0. The van der Waals surface area contributed by atoms with Gasteiger partial charge in [0.1, 0.15) is 0 Å². The van der Waals surface area contributed by atoms with E-state index in [-0.39, 0.29) is 5.41 Å². The quantitative estimate of drug-likeness (QED) is 0.795. The molecule has 16 heavy (non-hydrogen) atoms. The van der Waals surface area contributed by atoms with Crippen LogP contribution in [0, 0.1) is 12.3 Å². The minimum absolute atomic E-state index is 0.171. The van der Waals surface area contributed by atoms with Gasteiger partial charge in [-0.3, -0.25) is 4.98 Å². The van der Waals surface area contributed by atoms with Crippen molar-refractivity contribution in [3.8, 4) is 0 Å². The number of hydrogen-bond donors (Lipinski definition) is 2. The van der Waals surface area contributed by atoms with Gasteiger partial charge >= 0.3 is 0 Å². The zero-order valence-electron chi connectivity index (χ0n) is 10.0. The standard InChI is InChI=1S/C13H20N2O/c1-10-3-6-14-7-12(10)11(2)15-8-13(9-16)4-5-13/h3,6-7,11,15-16H,4-5,8-9H2,1-2H3. The van der Waals surface area contributed by atoms with E-state index in [1.54, 1.807) is 0 Å². The highest BCUT2D eigenvalue weighted by atomic mass is 16.3. The maximum absolute atomic E-state index is 9.24. The summed E-state index contributed by atoms with van der Waals surface area (Å²) in [6, 6.07) is 2.34. The molecule has 0 amide bonds. The second-order valence-corrected chi connectivity index (χ2v) is 4.99. The monoisotopic (exact) mass is 220 g/mol. The summed E-state index contributed by atoms with van der Waals surface area (Å²) in [6.07, 6.45) is 6.04. The van der Waals surface area contributed by atoms with E-state index in [0.717, 1.165) is 19.4 Å². The zero-order chi connectivity index (χ0) is 11.6. The molecule has 0 saturated heterocycles. The van der Waals surface area contributed by atoms with Crippen LogP contribution < -0.4 is 5.32 Å². The number of aliphatic hydroxyl groups excluding tert-OH is 1. The molecule has 0 bridgehead atoms. The number of pyridine rings is 1. The van der Waals surface area contributed by atoms with E-state index in [2.05, 4.69) is 24.1 Å². The minimum atomic E-state index is 0.171. The summed E-state index contributed by atoms with van der Waals surface area (Å²) in [5, 5.41) is 12.7. The lowest BCUT2D eigenvalue weighted by Gasteiger charge is -2.19. The Bertz CT molecular complexity index is 361. The van der Waals surface area contributed by atoms with Crippen molar-refractivity contribution in [1.29, 1.82) is 0 Å². The largest absolute Gasteiger partial charge is 0.396 e. The van der Waals surface area contributed by atoms with Crippen molar-refractivity contribution in [3.63, 3.8) is 0 Å². The van der Waals surface area contributed by atoms with Gasteiger partial charge in [0.2, 0.25) is 0 Å². The summed E-state index contributed by atoms with van der Waals surface area (Å²) in [6.45, 7) is 5.46. The minimum Gasteiger partial charge on any atom is -0.396 e. The smallest absolute Gasteiger partial charge is 0.0499 e. The molecule has 1 saturated carbocycles. The fourth-order valence-electron chi connectivity index (χ4n) is 1.98. The fraction of sp³-hybridized carbons (Fsp3) is 0.615. The Morgan fingerprint density at radius 2 is 2.31 bits per heavy atom. The molecule has 1 fully saturated rings. The van der Waals surface area contributed by atoms with E-state index in [1.807, 2.05) is 18.5 Å². The summed E-state index contributed by atoms with van der Waals surface area (Å²) in [5.74, 6) is 0. The van der Waals surface area contributed by atoms with Crippen molar-refractivity contribution < 1.29 is 5.11 Å². The fourth-order valence-corrected chi connectivity index (χ4v) is 1.98. The molecule has 2 rings (SSSR count). The summed E-state index contributed by atoms with van der Waals surface area (Å²) in [4.78, 5) is 4.16. The average Bonchev–Trinajstić information content (AvgIpc) is 3.07. The number of nitrogens with zero attached hydrogens (tertiary/aromatic N) is 1. The molecule has 3 nitrogen and oxygen atoms in total. The third-order valence-corrected chi connectivity index (χ3v) is 3.62. The molecule has 1 atom stereocenters. The molecule has 3 heteroatoms. The van der Waals surface area contributed by atoms with Gasteiger partial charge in [0.15, 0.2) is 0 Å². The van der Waals surface area contributed by atoms with Gasteiger partial charge in [0, 0.05) is 37.0 Å². The number of rotatable bonds is 5. The predicted molar refractivity (Wildman–Crippen MR) is 64.1 cm³/mol. The maximum atomic E-state index is 9.24. The molecule has 1 aliphatic rings. The van der Waals surface area contributed by atoms with E-state index in [0.29, 0.717) is 12.6 Å². The Labute approximate surface area is 96.9 Å². The molecule has 0 radical (unpaired) electrons. The first-order chi connectivity index (χ1) is 7.67. The van der Waals surface area contributed by atoms with E-state index < -0.39 is 0 Å². The predicted octanol–water partition coefficient (Wildman–Crippen LogP) is 1.81. The van der Waals surface area contributed by atoms with Gasteiger partial charge in [-0.2, -0.15) is 0 Å². The first kappa shape index (κ1) is 11.6. The summed E-state index contributed by atoms with van der Waals surface area (Å²) >= 11 is 0. The van der Waals surface area contributed by atoms with Gasteiger partial charge in [-0.15, -0.1) is 0 Å². The van der Waals surface area contributed by atoms with Gasteiger partial charge < -0.3 is 10.4 Å². The van der Waals surface area contributed by atoms with Crippen molar-refractivity contribution in [3.05, 3.63) is 29.6 Å². The van der Waals surface area contributed by atoms with Crippen molar-refractivity contribution in [2.45, 2.75) is 32.7 Å². The van der Waals surface area contributed by atoms with Gasteiger partial charge in [0.25, 0.3) is 0 Å². The van der Waals surface area contributed by atoms with E-state index in [9.17, 15) is 5.11 Å². The van der Waals surface area contributed by atoms with Crippen molar-refractivity contribution in [2.24, 2.45) is 5.41 Å². The average molecular weight is 220 g/mol. The number of aliphatic hydroxyl groups is 1. The summed E-state index contributed by atoms with van der Waals surface area (Å²) in [7, 11) is 0. The molecule has 2 N–H and O–H groups in total. The zero-order valence-corrected chi connectivity index (χ0v) is 10.0. The molecule has 1 aromatic heterocycles. The molecule has 1 aromatic rings. The Kier molecular flexibility index (Phi) is 3.26. The first-order valence-corrected chi connectivity index (χ1v) is 5.92. The summed E-state index contributed by atoms with van der Waals surface area (Å²) < 4.78 is 0. The lowest BCUT2D eigenvalue weighted by molar-refractivity contribution is 0.204. The van der Waals surface area contributed by atoms with Crippen LogP contribution in [0.15, 0.2) is 18.5 Å². The Balaban J connectivity index is 1.93. The van der Waals surface area contributed by atoms with Gasteiger partial charge in [0.05, 0.1) is 0 Å². The van der Waals surface area contributed by atoms with Crippen LogP contribution in [0.2, 0.25) is 0 Å². The van der Waals surface area contributed by atoms with Gasteiger partial charge in [-0.25, -0.2) is 0 Å². The van der Waals surface area contributed by atoms with Crippen LogP contribution in [0.5, 0.6) is 0 Å². The van der Waals surface area contributed by atoms with Gasteiger partial charge in [-0.05, 0) is 43.9 Å². The van der Waals surface area contributed by atoms with Crippen molar-refractivity contribution in [1.82, 2.24) is 10.3 Å². The number of aromatic nitrogens is 1.